The first-order valence-electron chi connectivity index (χ1n) is 16.6. The van der Waals surface area contributed by atoms with Crippen LogP contribution in [0.15, 0.2) is 178 Å². The van der Waals surface area contributed by atoms with Crippen LogP contribution in [-0.2, 0) is 0 Å². The molecule has 1 N–H and O–H groups in total. The predicted octanol–water partition coefficient (Wildman–Crippen LogP) is 11.2. The molecule has 0 bridgehead atoms. The van der Waals surface area contributed by atoms with E-state index in [0.29, 0.717) is 5.84 Å². The maximum atomic E-state index is 6.57. The third-order valence-corrected chi connectivity index (χ3v) is 9.71. The van der Waals surface area contributed by atoms with Crippen LogP contribution in [0.2, 0.25) is 0 Å². The van der Waals surface area contributed by atoms with Crippen LogP contribution in [0.1, 0.15) is 22.9 Å². The van der Waals surface area contributed by atoms with Crippen molar-refractivity contribution < 1.29 is 4.42 Å². The summed E-state index contributed by atoms with van der Waals surface area (Å²) in [7, 11) is 0. The van der Waals surface area contributed by atoms with E-state index in [2.05, 4.69) is 121 Å². The standard InChI is InChI=1S/C45H29N3O/c1-3-11-28(12-4-1)43-46-44(29-13-5-2-6-14-29)48-45(47-43)32-21-24-39-38-23-20-31(26-41(38)49-42(39)27-32)30-19-22-37-35-17-8-7-15-33(35)34-16-9-10-18-36(34)40(37)25-30/h1-27,43H,(H,46,47,48). The second kappa shape index (κ2) is 11.0. The van der Waals surface area contributed by atoms with Gasteiger partial charge in [0, 0.05) is 21.9 Å². The van der Waals surface area contributed by atoms with Gasteiger partial charge in [-0.1, -0.05) is 133 Å². The number of nitrogens with one attached hydrogen (secondary N) is 1. The van der Waals surface area contributed by atoms with Crippen LogP contribution in [0.25, 0.3) is 65.4 Å². The third-order valence-electron chi connectivity index (χ3n) is 9.71. The largest absolute Gasteiger partial charge is 0.456 e. The van der Waals surface area contributed by atoms with Gasteiger partial charge in [-0.2, -0.15) is 0 Å². The molecule has 0 radical (unpaired) electrons. The Bertz CT molecular complexity index is 2760. The van der Waals surface area contributed by atoms with Crippen molar-refractivity contribution in [2.45, 2.75) is 6.17 Å². The Hall–Kier alpha value is -6.52. The Morgan fingerprint density at radius 1 is 0.408 bits per heavy atom. The first-order valence-corrected chi connectivity index (χ1v) is 16.6. The van der Waals surface area contributed by atoms with Gasteiger partial charge in [-0.05, 0) is 79.3 Å². The molecule has 10 rings (SSSR count). The summed E-state index contributed by atoms with van der Waals surface area (Å²) in [6, 6.07) is 57.5. The zero-order chi connectivity index (χ0) is 32.3. The van der Waals surface area contributed by atoms with Crippen molar-refractivity contribution in [3.63, 3.8) is 0 Å². The summed E-state index contributed by atoms with van der Waals surface area (Å²) in [5.74, 6) is 1.47. The van der Waals surface area contributed by atoms with Gasteiger partial charge in [-0.3, -0.25) is 0 Å². The number of fused-ring (bicyclic) bond motifs is 9. The third kappa shape index (κ3) is 4.61. The van der Waals surface area contributed by atoms with Crippen LogP contribution in [-0.4, -0.2) is 11.7 Å². The van der Waals surface area contributed by atoms with Gasteiger partial charge in [-0.25, -0.2) is 9.98 Å². The molecule has 1 aliphatic heterocycles. The van der Waals surface area contributed by atoms with Crippen LogP contribution in [0.5, 0.6) is 0 Å². The molecule has 1 aromatic heterocycles. The predicted molar refractivity (Wildman–Crippen MR) is 204 cm³/mol. The zero-order valence-electron chi connectivity index (χ0n) is 26.5. The topological polar surface area (TPSA) is 49.9 Å². The molecule has 49 heavy (non-hydrogen) atoms. The van der Waals surface area contributed by atoms with Crippen molar-refractivity contribution in [1.82, 2.24) is 5.32 Å². The Labute approximate surface area is 282 Å². The molecule has 230 valence electrons. The van der Waals surface area contributed by atoms with E-state index in [4.69, 9.17) is 14.4 Å². The average Bonchev–Trinajstić information content (AvgIpc) is 3.55. The Morgan fingerprint density at radius 2 is 0.898 bits per heavy atom. The zero-order valence-corrected chi connectivity index (χ0v) is 26.5. The van der Waals surface area contributed by atoms with E-state index < -0.39 is 0 Å². The van der Waals surface area contributed by atoms with Crippen molar-refractivity contribution in [3.05, 3.63) is 180 Å². The van der Waals surface area contributed by atoms with Gasteiger partial charge in [-0.15, -0.1) is 0 Å². The molecule has 0 fully saturated rings. The molecular weight excluding hydrogens is 599 g/mol. The minimum atomic E-state index is -0.255. The van der Waals surface area contributed by atoms with Crippen LogP contribution in [0.3, 0.4) is 0 Å². The number of furan rings is 1. The van der Waals surface area contributed by atoms with Crippen LogP contribution >= 0.6 is 0 Å². The Balaban J connectivity index is 1.06. The molecule has 1 atom stereocenters. The summed E-state index contributed by atoms with van der Waals surface area (Å²) in [6.45, 7) is 0. The number of amidine groups is 2. The molecule has 9 aromatic rings. The van der Waals surface area contributed by atoms with E-state index in [1.54, 1.807) is 0 Å². The van der Waals surface area contributed by atoms with Gasteiger partial charge in [0.1, 0.15) is 23.2 Å². The maximum absolute atomic E-state index is 6.57. The first kappa shape index (κ1) is 27.6. The van der Waals surface area contributed by atoms with Crippen molar-refractivity contribution in [3.8, 4) is 11.1 Å². The number of benzene rings is 8. The second-order valence-electron chi connectivity index (χ2n) is 12.6. The summed E-state index contributed by atoms with van der Waals surface area (Å²) < 4.78 is 6.57. The molecule has 0 aliphatic carbocycles. The van der Waals surface area contributed by atoms with E-state index in [0.717, 1.165) is 55.6 Å². The van der Waals surface area contributed by atoms with E-state index >= 15 is 0 Å². The fourth-order valence-corrected chi connectivity index (χ4v) is 7.31. The molecule has 0 spiro atoms. The average molecular weight is 628 g/mol. The lowest BCUT2D eigenvalue weighted by molar-refractivity contribution is 0.666. The van der Waals surface area contributed by atoms with Gasteiger partial charge >= 0.3 is 0 Å². The van der Waals surface area contributed by atoms with Crippen LogP contribution < -0.4 is 5.32 Å². The number of hydrogen-bond acceptors (Lipinski definition) is 4. The van der Waals surface area contributed by atoms with Crippen molar-refractivity contribution >= 4 is 65.9 Å². The summed E-state index contributed by atoms with van der Waals surface area (Å²) in [5, 5.41) is 13.4. The SMILES string of the molecule is c1ccc(C2=NC(c3ccccc3)NC(c3ccc4c(c3)oc3cc(-c5ccc6c7ccccc7c7ccccc7c6c5)ccc34)=N2)cc1. The lowest BCUT2D eigenvalue weighted by Gasteiger charge is -2.23. The Kier molecular flexibility index (Phi) is 6.21. The van der Waals surface area contributed by atoms with E-state index in [-0.39, 0.29) is 6.17 Å². The lowest BCUT2D eigenvalue weighted by Crippen LogP contribution is -2.33. The molecule has 0 saturated carbocycles. The van der Waals surface area contributed by atoms with Gasteiger partial charge < -0.3 is 9.73 Å². The van der Waals surface area contributed by atoms with Gasteiger partial charge in [0.05, 0.1) is 0 Å². The number of hydrogen-bond donors (Lipinski definition) is 1. The molecule has 1 aliphatic rings. The summed E-state index contributed by atoms with van der Waals surface area (Å²) in [4.78, 5) is 9.97. The highest BCUT2D eigenvalue weighted by Gasteiger charge is 2.22. The summed E-state index contributed by atoms with van der Waals surface area (Å²) in [6.07, 6.45) is -0.255. The highest BCUT2D eigenvalue weighted by Crippen LogP contribution is 2.38. The monoisotopic (exact) mass is 627 g/mol. The minimum absolute atomic E-state index is 0.255. The molecule has 8 aromatic carbocycles. The molecule has 2 heterocycles. The molecule has 4 heteroatoms. The van der Waals surface area contributed by atoms with Gasteiger partial charge in [0.15, 0.2) is 5.84 Å². The fourth-order valence-electron chi connectivity index (χ4n) is 7.31. The van der Waals surface area contributed by atoms with Crippen molar-refractivity contribution in [2.75, 3.05) is 0 Å². The van der Waals surface area contributed by atoms with Gasteiger partial charge in [0.2, 0.25) is 0 Å². The molecule has 0 amide bonds. The van der Waals surface area contributed by atoms with Crippen molar-refractivity contribution in [1.29, 1.82) is 0 Å². The molecule has 1 unspecified atom stereocenters. The Morgan fingerprint density at radius 3 is 1.55 bits per heavy atom. The fraction of sp³-hybridized carbons (Fsp3) is 0.0222. The van der Waals surface area contributed by atoms with Gasteiger partial charge in [0.25, 0.3) is 0 Å². The summed E-state index contributed by atoms with van der Waals surface area (Å²) in [5.41, 5.74) is 6.98. The maximum Gasteiger partial charge on any atom is 0.159 e. The lowest BCUT2D eigenvalue weighted by atomic mass is 9.92. The second-order valence-corrected chi connectivity index (χ2v) is 12.6. The smallest absolute Gasteiger partial charge is 0.159 e. The van der Waals surface area contributed by atoms with Crippen molar-refractivity contribution in [2.24, 2.45) is 9.98 Å². The highest BCUT2D eigenvalue weighted by atomic mass is 16.3. The first-order chi connectivity index (χ1) is 24.3. The number of nitrogens with zero attached hydrogens (tertiary/aromatic N) is 2. The molecule has 0 saturated heterocycles. The van der Waals surface area contributed by atoms with E-state index in [1.807, 2.05) is 48.5 Å². The number of rotatable bonds is 4. The van der Waals surface area contributed by atoms with Crippen LogP contribution in [0, 0.1) is 0 Å². The minimum Gasteiger partial charge on any atom is -0.456 e. The number of aliphatic imine (C=N–C) groups is 2. The quantitative estimate of drug-likeness (QED) is 0.197. The molecular formula is C45H29N3O. The van der Waals surface area contributed by atoms with E-state index in [1.165, 1.54) is 32.3 Å². The normalized spacial score (nSPS) is 14.7. The highest BCUT2D eigenvalue weighted by molar-refractivity contribution is 6.26. The van der Waals surface area contributed by atoms with E-state index in [9.17, 15) is 0 Å². The summed E-state index contributed by atoms with van der Waals surface area (Å²) >= 11 is 0. The molecule has 4 nitrogen and oxygen atoms in total. The van der Waals surface area contributed by atoms with Crippen LogP contribution in [0.4, 0.5) is 0 Å².